The minimum atomic E-state index is -0.523. The topological polar surface area (TPSA) is 92.5 Å². The van der Waals surface area contributed by atoms with E-state index in [2.05, 4.69) is 21.4 Å². The lowest BCUT2D eigenvalue weighted by molar-refractivity contribution is -0.385. The molecule has 1 N–H and O–H groups in total. The number of rotatable bonds is 12. The molecule has 1 aliphatic rings. The fourth-order valence-corrected chi connectivity index (χ4v) is 5.33. The zero-order chi connectivity index (χ0) is 30.8. The molecule has 9 nitrogen and oxygen atoms in total. The van der Waals surface area contributed by atoms with Gasteiger partial charge in [0.1, 0.15) is 17.3 Å². The average Bonchev–Trinajstić information content (AvgIpc) is 2.99. The molecule has 0 aromatic heterocycles. The van der Waals surface area contributed by atoms with E-state index in [1.165, 1.54) is 24.3 Å². The number of hydrogen-bond donors (Lipinski definition) is 1. The Bertz CT molecular complexity index is 1440. The van der Waals surface area contributed by atoms with Crippen molar-refractivity contribution in [3.05, 3.63) is 86.1 Å². The van der Waals surface area contributed by atoms with Crippen LogP contribution in [-0.2, 0) is 6.54 Å². The molecule has 43 heavy (non-hydrogen) atoms. The van der Waals surface area contributed by atoms with Crippen molar-refractivity contribution in [2.75, 3.05) is 56.2 Å². The predicted octanol–water partition coefficient (Wildman–Crippen LogP) is 7.25. The normalized spacial score (nSPS) is 13.7. The molecule has 13 heteroatoms. The van der Waals surface area contributed by atoms with Gasteiger partial charge in [-0.1, -0.05) is 29.3 Å². The minimum absolute atomic E-state index is 0.0298. The van der Waals surface area contributed by atoms with E-state index in [1.54, 1.807) is 43.0 Å². The van der Waals surface area contributed by atoms with Gasteiger partial charge in [-0.05, 0) is 55.7 Å². The summed E-state index contributed by atoms with van der Waals surface area (Å²) in [5, 5.41) is 15.4. The number of guanidine groups is 1. The summed E-state index contributed by atoms with van der Waals surface area (Å²) in [6, 6.07) is 14.5. The van der Waals surface area contributed by atoms with Crippen molar-refractivity contribution in [2.45, 2.75) is 19.9 Å². The van der Waals surface area contributed by atoms with Crippen molar-refractivity contribution in [1.82, 2.24) is 10.2 Å². The number of nitrogens with zero attached hydrogens (tertiary/aromatic N) is 4. The molecular weight excluding hydrogens is 616 g/mol. The lowest BCUT2D eigenvalue weighted by Gasteiger charge is -2.38. The highest BCUT2D eigenvalue weighted by Crippen LogP contribution is 2.33. The average molecular weight is 651 g/mol. The third-order valence-corrected chi connectivity index (χ3v) is 7.96. The largest absolute Gasteiger partial charge is 0.487 e. The van der Waals surface area contributed by atoms with Gasteiger partial charge in [0.25, 0.3) is 0 Å². The summed E-state index contributed by atoms with van der Waals surface area (Å²) in [6.07, 6.45) is 3.07. The lowest BCUT2D eigenvalue weighted by Crippen LogP contribution is -2.52. The molecule has 3 aromatic carbocycles. The van der Waals surface area contributed by atoms with Crippen LogP contribution in [0.4, 0.5) is 15.8 Å². The standard InChI is InChI=1S/C30H34Cl2FN5O4S/c1-3-41-29-18-23(7-10-27(29)38(39)40)36-12-14-37(15-13-36)30(34-11-4-16-43-2)35-20-21-5-6-22(31)17-28(21)42-24-8-9-26(33)25(32)19-24/h5-10,17-19H,3-4,11-16,20H2,1-2H3,(H,34,35). The molecule has 0 saturated carbocycles. The van der Waals surface area contributed by atoms with Gasteiger partial charge in [0.15, 0.2) is 11.7 Å². The van der Waals surface area contributed by atoms with Crippen LogP contribution in [0.3, 0.4) is 0 Å². The molecule has 230 valence electrons. The van der Waals surface area contributed by atoms with E-state index in [0.717, 1.165) is 35.9 Å². The zero-order valence-electron chi connectivity index (χ0n) is 24.0. The second-order valence-electron chi connectivity index (χ2n) is 9.66. The molecule has 0 radical (unpaired) electrons. The Labute approximate surface area is 265 Å². The van der Waals surface area contributed by atoms with Crippen LogP contribution >= 0.6 is 35.0 Å². The smallest absolute Gasteiger partial charge is 0.311 e. The monoisotopic (exact) mass is 649 g/mol. The third-order valence-electron chi connectivity index (χ3n) is 6.74. The summed E-state index contributed by atoms with van der Waals surface area (Å²) in [7, 11) is 0. The van der Waals surface area contributed by atoms with Gasteiger partial charge in [-0.3, -0.25) is 10.1 Å². The quantitative estimate of drug-likeness (QED) is 0.0721. The van der Waals surface area contributed by atoms with E-state index in [9.17, 15) is 14.5 Å². The molecule has 0 atom stereocenters. The van der Waals surface area contributed by atoms with Gasteiger partial charge < -0.3 is 24.6 Å². The predicted molar refractivity (Wildman–Crippen MR) is 173 cm³/mol. The van der Waals surface area contributed by atoms with Gasteiger partial charge >= 0.3 is 5.69 Å². The minimum Gasteiger partial charge on any atom is -0.487 e. The maximum Gasteiger partial charge on any atom is 0.311 e. The number of nitro groups is 1. The number of thioether (sulfide) groups is 1. The van der Waals surface area contributed by atoms with Crippen LogP contribution in [0.5, 0.6) is 17.2 Å². The molecule has 4 rings (SSSR count). The highest BCUT2D eigenvalue weighted by Gasteiger charge is 2.23. The summed E-state index contributed by atoms with van der Waals surface area (Å²) in [5.74, 6) is 2.47. The van der Waals surface area contributed by atoms with Gasteiger partial charge in [-0.15, -0.1) is 0 Å². The van der Waals surface area contributed by atoms with E-state index < -0.39 is 10.7 Å². The summed E-state index contributed by atoms with van der Waals surface area (Å²) in [5.41, 5.74) is 1.64. The van der Waals surface area contributed by atoms with E-state index >= 15 is 0 Å². The summed E-state index contributed by atoms with van der Waals surface area (Å²) >= 11 is 14.0. The van der Waals surface area contributed by atoms with Crippen LogP contribution in [0, 0.1) is 15.9 Å². The van der Waals surface area contributed by atoms with E-state index in [1.807, 2.05) is 6.07 Å². The van der Waals surface area contributed by atoms with Crippen molar-refractivity contribution in [1.29, 1.82) is 0 Å². The van der Waals surface area contributed by atoms with Crippen molar-refractivity contribution in [3.8, 4) is 17.2 Å². The first kappa shape index (κ1) is 32.5. The van der Waals surface area contributed by atoms with Crippen molar-refractivity contribution in [2.24, 2.45) is 4.99 Å². The second-order valence-corrected chi connectivity index (χ2v) is 11.5. The van der Waals surface area contributed by atoms with Crippen molar-refractivity contribution in [3.63, 3.8) is 0 Å². The zero-order valence-corrected chi connectivity index (χ0v) is 26.4. The highest BCUT2D eigenvalue weighted by atomic mass is 35.5. The Balaban J connectivity index is 1.49. The first-order valence-corrected chi connectivity index (χ1v) is 16.0. The van der Waals surface area contributed by atoms with Crippen molar-refractivity contribution >= 4 is 52.3 Å². The SMILES string of the molecule is CCOc1cc(N2CCN(C(=NCc3ccc(Cl)cc3Oc3ccc(F)c(Cl)c3)NCCCSC)CC2)ccc1[N+](=O)[O-]. The molecule has 0 bridgehead atoms. The molecule has 0 amide bonds. The van der Waals surface area contributed by atoms with E-state index in [0.29, 0.717) is 55.9 Å². The number of anilines is 1. The number of piperazine rings is 1. The third kappa shape index (κ3) is 9.04. The number of nitro benzene ring substituents is 1. The van der Waals surface area contributed by atoms with Crippen LogP contribution in [0.25, 0.3) is 0 Å². The summed E-state index contributed by atoms with van der Waals surface area (Å²) in [4.78, 5) is 20.3. The van der Waals surface area contributed by atoms with E-state index in [-0.39, 0.29) is 16.5 Å². The van der Waals surface area contributed by atoms with Crippen LogP contribution in [-0.4, -0.2) is 67.1 Å². The number of halogens is 3. The van der Waals surface area contributed by atoms with Crippen LogP contribution in [0.1, 0.15) is 18.9 Å². The number of benzene rings is 3. The Kier molecular flexibility index (Phi) is 12.0. The second kappa shape index (κ2) is 15.9. The molecule has 1 saturated heterocycles. The van der Waals surface area contributed by atoms with Gasteiger partial charge in [-0.2, -0.15) is 11.8 Å². The molecule has 0 aliphatic carbocycles. The molecule has 0 spiro atoms. The summed E-state index contributed by atoms with van der Waals surface area (Å²) in [6.45, 7) is 6.06. The first-order chi connectivity index (χ1) is 20.8. The molecule has 1 aliphatic heterocycles. The lowest BCUT2D eigenvalue weighted by atomic mass is 10.2. The maximum atomic E-state index is 13.7. The van der Waals surface area contributed by atoms with Gasteiger partial charge in [0.2, 0.25) is 0 Å². The Morgan fingerprint density at radius 1 is 1.09 bits per heavy atom. The number of ether oxygens (including phenoxy) is 2. The maximum absolute atomic E-state index is 13.7. The summed E-state index contributed by atoms with van der Waals surface area (Å²) < 4.78 is 25.2. The van der Waals surface area contributed by atoms with Crippen LogP contribution in [0.15, 0.2) is 59.6 Å². The van der Waals surface area contributed by atoms with Gasteiger partial charge in [0.05, 0.1) is 23.1 Å². The molecule has 0 unspecified atom stereocenters. The number of nitrogens with one attached hydrogen (secondary N) is 1. The first-order valence-electron chi connectivity index (χ1n) is 13.9. The van der Waals surface area contributed by atoms with Gasteiger partial charge in [-0.25, -0.2) is 9.38 Å². The van der Waals surface area contributed by atoms with E-state index in [4.69, 9.17) is 37.7 Å². The highest BCUT2D eigenvalue weighted by molar-refractivity contribution is 7.98. The van der Waals surface area contributed by atoms with Crippen molar-refractivity contribution < 1.29 is 18.8 Å². The molecule has 1 heterocycles. The molecule has 1 fully saturated rings. The molecular formula is C30H34Cl2FN5O4S. The Morgan fingerprint density at radius 3 is 2.58 bits per heavy atom. The molecule has 3 aromatic rings. The Hall–Kier alpha value is -3.41. The van der Waals surface area contributed by atoms with Crippen LogP contribution in [0.2, 0.25) is 10.0 Å². The Morgan fingerprint density at radius 2 is 1.88 bits per heavy atom. The van der Waals surface area contributed by atoms with Crippen LogP contribution < -0.4 is 19.7 Å². The van der Waals surface area contributed by atoms with Gasteiger partial charge in [0, 0.05) is 67.2 Å². The number of aliphatic imine (C=N–C) groups is 1. The fourth-order valence-electron chi connectivity index (χ4n) is 4.56. The fraction of sp³-hybridized carbons (Fsp3) is 0.367. The number of hydrogen-bond acceptors (Lipinski definition) is 7.